The zero-order valence-corrected chi connectivity index (χ0v) is 13.7. The van der Waals surface area contributed by atoms with Crippen LogP contribution in [0.2, 0.25) is 0 Å². The summed E-state index contributed by atoms with van der Waals surface area (Å²) in [5.41, 5.74) is 0.460. The molecule has 0 aromatic heterocycles. The molecular formula is C14H22O6S. The lowest BCUT2D eigenvalue weighted by Gasteiger charge is -2.24. The second-order valence-corrected chi connectivity index (χ2v) is 6.13. The summed E-state index contributed by atoms with van der Waals surface area (Å²) >= 11 is 0. The van der Waals surface area contributed by atoms with Crippen LogP contribution in [0.4, 0.5) is 0 Å². The van der Waals surface area contributed by atoms with Gasteiger partial charge < -0.3 is 14.6 Å². The molecule has 7 heteroatoms. The molecule has 0 unspecified atom stereocenters. The first-order valence-corrected chi connectivity index (χ1v) is 8.13. The molecule has 1 aromatic carbocycles. The molecule has 0 aliphatic carbocycles. The van der Waals surface area contributed by atoms with Gasteiger partial charge in [-0.1, -0.05) is 13.8 Å². The molecular weight excluding hydrogens is 296 g/mol. The predicted octanol–water partition coefficient (Wildman–Crippen LogP) is 2.87. The molecule has 6 nitrogen and oxygen atoms in total. The Bertz CT molecular complexity index is 617. The maximum Gasteiger partial charge on any atom is 0.298 e. The average Bonchev–Trinajstić information content (AvgIpc) is 2.41. The van der Waals surface area contributed by atoms with Crippen LogP contribution in [0.1, 0.15) is 43.7 Å². The largest absolute Gasteiger partial charge is 0.506 e. The van der Waals surface area contributed by atoms with E-state index in [0.29, 0.717) is 12.8 Å². The van der Waals surface area contributed by atoms with Crippen molar-refractivity contribution in [2.24, 2.45) is 0 Å². The van der Waals surface area contributed by atoms with Crippen LogP contribution in [0.3, 0.4) is 0 Å². The fourth-order valence-electron chi connectivity index (χ4n) is 2.58. The zero-order chi connectivity index (χ0) is 16.4. The van der Waals surface area contributed by atoms with Gasteiger partial charge in [-0.3, -0.25) is 4.55 Å². The van der Waals surface area contributed by atoms with Crippen LogP contribution >= 0.6 is 0 Å². The summed E-state index contributed by atoms with van der Waals surface area (Å²) in [4.78, 5) is -0.494. The SMILES string of the molecule is CCC(CC)c1c(OC)c(OC)c(C)c(O)c1S(=O)(=O)O. The van der Waals surface area contributed by atoms with E-state index in [2.05, 4.69) is 0 Å². The minimum atomic E-state index is -4.59. The fraction of sp³-hybridized carbons (Fsp3) is 0.571. The summed E-state index contributed by atoms with van der Waals surface area (Å²) < 4.78 is 43.5. The first-order chi connectivity index (χ1) is 9.74. The molecule has 0 aliphatic rings. The first-order valence-electron chi connectivity index (χ1n) is 6.69. The molecule has 0 spiro atoms. The van der Waals surface area contributed by atoms with Crippen molar-refractivity contribution in [3.05, 3.63) is 11.1 Å². The van der Waals surface area contributed by atoms with Crippen molar-refractivity contribution in [1.82, 2.24) is 0 Å². The lowest BCUT2D eigenvalue weighted by molar-refractivity contribution is 0.336. The normalized spacial score (nSPS) is 11.8. The third kappa shape index (κ3) is 3.08. The summed E-state index contributed by atoms with van der Waals surface area (Å²) in [5.74, 6) is -0.201. The van der Waals surface area contributed by atoms with Gasteiger partial charge in [-0.25, -0.2) is 0 Å². The summed E-state index contributed by atoms with van der Waals surface area (Å²) in [6, 6.07) is 0. The quantitative estimate of drug-likeness (QED) is 0.783. The lowest BCUT2D eigenvalue weighted by Crippen LogP contribution is -2.11. The highest BCUT2D eigenvalue weighted by Crippen LogP contribution is 2.49. The van der Waals surface area contributed by atoms with E-state index in [4.69, 9.17) is 9.47 Å². The summed E-state index contributed by atoms with van der Waals surface area (Å²) in [6.07, 6.45) is 1.25. The average molecular weight is 318 g/mol. The van der Waals surface area contributed by atoms with E-state index < -0.39 is 20.8 Å². The topological polar surface area (TPSA) is 93.1 Å². The summed E-state index contributed by atoms with van der Waals surface area (Å²) in [7, 11) is -1.79. The number of ether oxygens (including phenoxy) is 2. The third-order valence-corrected chi connectivity index (χ3v) is 4.60. The Morgan fingerprint density at radius 3 is 1.90 bits per heavy atom. The molecule has 1 rings (SSSR count). The molecule has 0 bridgehead atoms. The molecule has 0 saturated carbocycles. The Balaban J connectivity index is 3.98. The Morgan fingerprint density at radius 2 is 1.57 bits per heavy atom. The van der Waals surface area contributed by atoms with Gasteiger partial charge in [0.25, 0.3) is 10.1 Å². The van der Waals surface area contributed by atoms with Gasteiger partial charge in [0.1, 0.15) is 10.6 Å². The molecule has 2 N–H and O–H groups in total. The molecule has 120 valence electrons. The van der Waals surface area contributed by atoms with Crippen LogP contribution in [-0.4, -0.2) is 32.3 Å². The lowest BCUT2D eigenvalue weighted by atomic mass is 9.91. The third-order valence-electron chi connectivity index (χ3n) is 3.67. The minimum absolute atomic E-state index is 0.197. The minimum Gasteiger partial charge on any atom is -0.506 e. The maximum absolute atomic E-state index is 11.7. The number of benzene rings is 1. The van der Waals surface area contributed by atoms with Gasteiger partial charge in [0.2, 0.25) is 0 Å². The van der Waals surface area contributed by atoms with E-state index in [-0.39, 0.29) is 28.5 Å². The van der Waals surface area contributed by atoms with Crippen LogP contribution in [0, 0.1) is 6.92 Å². The molecule has 0 aliphatic heterocycles. The summed E-state index contributed by atoms with van der Waals surface area (Å²) in [5, 5.41) is 10.2. The van der Waals surface area contributed by atoms with E-state index in [0.717, 1.165) is 0 Å². The standard InChI is InChI=1S/C14H22O6S/c1-6-9(7-2)10-13(20-5)12(19-4)8(3)11(15)14(10)21(16,17)18/h9,15H,6-7H2,1-5H3,(H,16,17,18). The van der Waals surface area contributed by atoms with Crippen molar-refractivity contribution >= 4 is 10.1 Å². The molecule has 0 amide bonds. The van der Waals surface area contributed by atoms with Crippen LogP contribution in [0.15, 0.2) is 4.90 Å². The number of hydrogen-bond donors (Lipinski definition) is 2. The molecule has 0 heterocycles. The van der Waals surface area contributed by atoms with Crippen molar-refractivity contribution < 1.29 is 27.6 Å². The Morgan fingerprint density at radius 1 is 1.10 bits per heavy atom. The van der Waals surface area contributed by atoms with Gasteiger partial charge in [-0.05, 0) is 25.7 Å². The molecule has 21 heavy (non-hydrogen) atoms. The Kier molecular flexibility index (Phi) is 5.47. The monoisotopic (exact) mass is 318 g/mol. The molecule has 0 saturated heterocycles. The van der Waals surface area contributed by atoms with E-state index in [9.17, 15) is 18.1 Å². The van der Waals surface area contributed by atoms with Crippen molar-refractivity contribution in [1.29, 1.82) is 0 Å². The highest BCUT2D eigenvalue weighted by atomic mass is 32.2. The van der Waals surface area contributed by atoms with Gasteiger partial charge in [-0.2, -0.15) is 8.42 Å². The zero-order valence-electron chi connectivity index (χ0n) is 12.9. The van der Waals surface area contributed by atoms with E-state index in [1.54, 1.807) is 0 Å². The number of phenols is 1. The molecule has 0 atom stereocenters. The second-order valence-electron chi connectivity index (χ2n) is 4.77. The molecule has 0 radical (unpaired) electrons. The Labute approximate surface area is 125 Å². The van der Waals surface area contributed by atoms with Gasteiger partial charge in [-0.15, -0.1) is 0 Å². The van der Waals surface area contributed by atoms with Crippen LogP contribution in [0.25, 0.3) is 0 Å². The van der Waals surface area contributed by atoms with Gasteiger partial charge in [0, 0.05) is 11.1 Å². The van der Waals surface area contributed by atoms with E-state index in [1.807, 2.05) is 13.8 Å². The number of phenolic OH excluding ortho intramolecular Hbond substituents is 1. The number of methoxy groups -OCH3 is 2. The van der Waals surface area contributed by atoms with Gasteiger partial charge >= 0.3 is 0 Å². The van der Waals surface area contributed by atoms with Crippen molar-refractivity contribution in [2.75, 3.05) is 14.2 Å². The fourth-order valence-corrected chi connectivity index (χ4v) is 3.51. The van der Waals surface area contributed by atoms with E-state index in [1.165, 1.54) is 21.1 Å². The maximum atomic E-state index is 11.7. The smallest absolute Gasteiger partial charge is 0.298 e. The van der Waals surface area contributed by atoms with Crippen LogP contribution in [0.5, 0.6) is 17.2 Å². The van der Waals surface area contributed by atoms with Gasteiger partial charge in [0.15, 0.2) is 11.5 Å². The highest BCUT2D eigenvalue weighted by molar-refractivity contribution is 7.86. The number of aromatic hydroxyl groups is 1. The summed E-state index contributed by atoms with van der Waals surface area (Å²) in [6.45, 7) is 5.29. The van der Waals surface area contributed by atoms with Crippen molar-refractivity contribution in [2.45, 2.75) is 44.4 Å². The predicted molar refractivity (Wildman–Crippen MR) is 79.1 cm³/mol. The second kappa shape index (κ2) is 6.53. The number of rotatable bonds is 6. The van der Waals surface area contributed by atoms with Crippen LogP contribution in [-0.2, 0) is 10.1 Å². The highest BCUT2D eigenvalue weighted by Gasteiger charge is 2.33. The molecule has 1 aromatic rings. The van der Waals surface area contributed by atoms with E-state index >= 15 is 0 Å². The van der Waals surface area contributed by atoms with Crippen LogP contribution < -0.4 is 9.47 Å². The Hall–Kier alpha value is -1.47. The van der Waals surface area contributed by atoms with Crippen molar-refractivity contribution in [3.63, 3.8) is 0 Å². The van der Waals surface area contributed by atoms with Gasteiger partial charge in [0.05, 0.1) is 14.2 Å². The first kappa shape index (κ1) is 17.6. The number of hydrogen-bond acceptors (Lipinski definition) is 5. The molecule has 0 fully saturated rings. The van der Waals surface area contributed by atoms with Crippen molar-refractivity contribution in [3.8, 4) is 17.2 Å².